The third-order valence-corrected chi connectivity index (χ3v) is 16.9. The Kier molecular flexibility index (Phi) is 64.7. The molecule has 25 nitrogen and oxygen atoms in total. The molecule has 4 unspecified atom stereocenters. The molecular weight excluding hydrogens is 1370 g/mol. The van der Waals surface area contributed by atoms with Crippen molar-refractivity contribution >= 4 is 54.2 Å². The predicted molar refractivity (Wildman–Crippen MR) is 406 cm³/mol. The first-order valence-electron chi connectivity index (χ1n) is 38.0. The zero-order valence-electron chi connectivity index (χ0n) is 67.0. The number of methoxy groups -OCH3 is 1. The fourth-order valence-corrected chi connectivity index (χ4v) is 8.50. The van der Waals surface area contributed by atoms with Crippen LogP contribution in [-0.2, 0) is 71.5 Å². The number of carboxylic acid groups (broad SMARTS) is 1. The fraction of sp³-hybridized carbons (Fsp3) is 0.679. The van der Waals surface area contributed by atoms with E-state index in [1.807, 2.05) is 79.7 Å². The van der Waals surface area contributed by atoms with Crippen molar-refractivity contribution in [2.24, 2.45) is 28.6 Å². The number of ether oxygens (including phenoxy) is 11. The Balaban J connectivity index is -0.00000130. The molecule has 0 saturated heterocycles. The van der Waals surface area contributed by atoms with Crippen molar-refractivity contribution in [1.82, 2.24) is 15.6 Å². The highest BCUT2D eigenvalue weighted by molar-refractivity contribution is 5.90. The quantitative estimate of drug-likeness (QED) is 0.0268. The van der Waals surface area contributed by atoms with E-state index in [4.69, 9.17) is 66.8 Å². The molecule has 0 saturated carbocycles. The summed E-state index contributed by atoms with van der Waals surface area (Å²) in [5.41, 5.74) is 0.403. The van der Waals surface area contributed by atoms with Crippen molar-refractivity contribution in [2.45, 2.75) is 238 Å². The topological polar surface area (TPSA) is 329 Å². The summed E-state index contributed by atoms with van der Waals surface area (Å²) in [4.78, 5) is 113. The second-order valence-corrected chi connectivity index (χ2v) is 26.2. The van der Waals surface area contributed by atoms with Gasteiger partial charge in [0.15, 0.2) is 0 Å². The Morgan fingerprint density at radius 2 is 0.981 bits per heavy atom. The van der Waals surface area contributed by atoms with Crippen molar-refractivity contribution < 1.29 is 105 Å². The van der Waals surface area contributed by atoms with E-state index >= 15 is 0 Å². The molecule has 3 aromatic rings. The van der Waals surface area contributed by atoms with Crippen LogP contribution in [0.15, 0.2) is 72.9 Å². The lowest BCUT2D eigenvalue weighted by molar-refractivity contribution is -0.192. The maximum atomic E-state index is 11.8. The van der Waals surface area contributed by atoms with Gasteiger partial charge < -0.3 is 67.8 Å². The van der Waals surface area contributed by atoms with Gasteiger partial charge in [0.25, 0.3) is 0 Å². The highest BCUT2D eigenvalue weighted by Crippen LogP contribution is 2.24. The first kappa shape index (κ1) is 102. The SMILES string of the molecule is CCC(C)C(=O)OCCOc1ncccc1C(=O)O.CCC(C)c1ccccc1.CCCCC(CC)COC(=O)CCCCCOC(=O)NCCOC(=O)C(C)(C)CC.CCCCC(CC)COC(=O)CCCCCOC(=O)NCCOC(=O)C(C)(C)CC.CCOc1cccc(OCCOC)c1.O=C=O. The van der Waals surface area contributed by atoms with Crippen molar-refractivity contribution in [1.29, 1.82) is 0 Å². The minimum Gasteiger partial charge on any atom is -0.494 e. The van der Waals surface area contributed by atoms with Gasteiger partial charge in [-0.25, -0.2) is 19.4 Å². The van der Waals surface area contributed by atoms with E-state index < -0.39 is 29.0 Å². The van der Waals surface area contributed by atoms with E-state index in [1.54, 1.807) is 14.0 Å². The molecule has 604 valence electrons. The summed E-state index contributed by atoms with van der Waals surface area (Å²) in [6.07, 6.45) is 18.1. The van der Waals surface area contributed by atoms with Crippen LogP contribution in [0.5, 0.6) is 17.4 Å². The second kappa shape index (κ2) is 67.3. The maximum absolute atomic E-state index is 11.8. The van der Waals surface area contributed by atoms with Crippen LogP contribution in [0.1, 0.15) is 254 Å². The highest BCUT2D eigenvalue weighted by atomic mass is 16.6. The summed E-state index contributed by atoms with van der Waals surface area (Å²) in [7, 11) is 1.65. The van der Waals surface area contributed by atoms with Gasteiger partial charge in [0.1, 0.15) is 50.1 Å². The maximum Gasteiger partial charge on any atom is 0.407 e. The monoisotopic (exact) mass is 1500 g/mol. The number of rotatable bonds is 49. The highest BCUT2D eigenvalue weighted by Gasteiger charge is 2.28. The fourth-order valence-electron chi connectivity index (χ4n) is 8.50. The number of nitrogens with one attached hydrogen (secondary N) is 2. The minimum absolute atomic E-state index is 0.0178. The van der Waals surface area contributed by atoms with Gasteiger partial charge in [-0.15, -0.1) is 0 Å². The van der Waals surface area contributed by atoms with E-state index in [-0.39, 0.29) is 92.9 Å². The van der Waals surface area contributed by atoms with Crippen LogP contribution in [0.3, 0.4) is 0 Å². The average Bonchev–Trinajstić information content (AvgIpc) is 0.874. The molecule has 1 aromatic heterocycles. The van der Waals surface area contributed by atoms with Crippen LogP contribution >= 0.6 is 0 Å². The lowest BCUT2D eigenvalue weighted by Crippen LogP contribution is -2.32. The molecule has 106 heavy (non-hydrogen) atoms. The van der Waals surface area contributed by atoms with Crippen LogP contribution in [0, 0.1) is 28.6 Å². The average molecular weight is 1500 g/mol. The number of aromatic nitrogens is 1. The van der Waals surface area contributed by atoms with E-state index in [1.165, 1.54) is 43.2 Å². The van der Waals surface area contributed by atoms with E-state index in [0.717, 1.165) is 75.7 Å². The summed E-state index contributed by atoms with van der Waals surface area (Å²) >= 11 is 0. The largest absolute Gasteiger partial charge is 0.494 e. The Labute approximate surface area is 633 Å². The molecule has 2 aromatic carbocycles. The Morgan fingerprint density at radius 1 is 0.500 bits per heavy atom. The lowest BCUT2D eigenvalue weighted by atomic mass is 9.91. The molecule has 2 amide bonds. The van der Waals surface area contributed by atoms with E-state index in [0.29, 0.717) is 109 Å². The Morgan fingerprint density at radius 3 is 1.41 bits per heavy atom. The minimum atomic E-state index is -1.11. The molecule has 0 aliphatic heterocycles. The predicted octanol–water partition coefficient (Wildman–Crippen LogP) is 16.5. The first-order valence-corrected chi connectivity index (χ1v) is 38.0. The van der Waals surface area contributed by atoms with Gasteiger partial charge in [0.05, 0.1) is 69.5 Å². The molecule has 3 rings (SSSR count). The molecule has 0 fully saturated rings. The number of benzene rings is 2. The molecule has 0 spiro atoms. The normalized spacial score (nSPS) is 11.6. The molecule has 0 bridgehead atoms. The van der Waals surface area contributed by atoms with Crippen molar-refractivity contribution in [3.05, 3.63) is 84.1 Å². The summed E-state index contributed by atoms with van der Waals surface area (Å²) in [5, 5.41) is 14.0. The number of hydrogen-bond acceptors (Lipinski definition) is 22. The third kappa shape index (κ3) is 56.1. The van der Waals surface area contributed by atoms with E-state index in [2.05, 4.69) is 87.5 Å². The number of carboxylic acids is 1. The van der Waals surface area contributed by atoms with Crippen molar-refractivity contribution in [3.8, 4) is 17.4 Å². The van der Waals surface area contributed by atoms with Crippen molar-refractivity contribution in [2.75, 3.05) is 92.9 Å². The Hall–Kier alpha value is -8.31. The molecular formula is C81H133N3O22. The number of aromatic carboxylic acids is 1. The Bertz CT molecular complexity index is 2710. The summed E-state index contributed by atoms with van der Waals surface area (Å²) in [6, 6.07) is 21.1. The summed E-state index contributed by atoms with van der Waals surface area (Å²) in [5.74, 6) is 0.911. The molecule has 4 atom stereocenters. The number of carbonyl (C=O) groups excluding carboxylic acids is 9. The number of nitrogens with zero attached hydrogens (tertiary/aromatic N) is 1. The lowest BCUT2D eigenvalue weighted by Gasteiger charge is -2.20. The van der Waals surface area contributed by atoms with Gasteiger partial charge >= 0.3 is 54.2 Å². The number of carbonyl (C=O) groups is 8. The molecule has 0 radical (unpaired) electrons. The van der Waals surface area contributed by atoms with Crippen LogP contribution in [0.2, 0.25) is 0 Å². The molecule has 0 aliphatic rings. The summed E-state index contributed by atoms with van der Waals surface area (Å²) < 4.78 is 57.0. The second-order valence-electron chi connectivity index (χ2n) is 26.2. The smallest absolute Gasteiger partial charge is 0.407 e. The summed E-state index contributed by atoms with van der Waals surface area (Å²) in [6.45, 7) is 34.1. The standard InChI is InChI=1S/2C23H43NO6.C13H17NO5.C11H16O3.C10H14.CO2/c2*1-6-9-13-19(7-2)18-30-20(25)14-11-10-12-16-29-22(27)24-15-17-28-21(26)23(4,5)8-3;1-3-9(2)13(17)19-8-7-18-11-10(12(15)16)5-4-6-14-11;1-3-13-10-5-4-6-11(9-10)14-8-7-12-2;1-3-9(2)10-7-5-4-6-8-10;2-1-3/h2*19H,6-18H2,1-5H3,(H,24,27);4-6,9H,3,7-8H2,1-2H3,(H,15,16);4-6,9H,3,7-8H2,1-2H3;4-9H,3H2,1-2H3;. The molecule has 3 N–H and O–H groups in total. The van der Waals surface area contributed by atoms with Crippen LogP contribution in [0.4, 0.5) is 9.59 Å². The number of hydrogen-bond donors (Lipinski definition) is 3. The number of unbranched alkanes of at least 4 members (excludes halogenated alkanes) is 6. The van der Waals surface area contributed by atoms with Gasteiger partial charge in [-0.1, -0.05) is 144 Å². The van der Waals surface area contributed by atoms with Gasteiger partial charge in [-0.05, 0) is 159 Å². The molecule has 0 aliphatic carbocycles. The number of amides is 2. The first-order chi connectivity index (χ1) is 50.7. The zero-order chi connectivity index (χ0) is 80.2. The van der Waals surface area contributed by atoms with Crippen molar-refractivity contribution in [3.63, 3.8) is 0 Å². The van der Waals surface area contributed by atoms with Crippen LogP contribution in [0.25, 0.3) is 0 Å². The third-order valence-electron chi connectivity index (χ3n) is 16.9. The number of pyridine rings is 1. The van der Waals surface area contributed by atoms with E-state index in [9.17, 15) is 38.4 Å². The van der Waals surface area contributed by atoms with Crippen LogP contribution < -0.4 is 24.8 Å². The van der Waals surface area contributed by atoms with Gasteiger partial charge in [-0.2, -0.15) is 9.59 Å². The number of esters is 5. The number of alkyl carbamates (subject to hydrolysis) is 2. The zero-order valence-corrected chi connectivity index (χ0v) is 67.0. The molecule has 1 heterocycles. The van der Waals surface area contributed by atoms with Gasteiger partial charge in [0.2, 0.25) is 5.88 Å². The van der Waals surface area contributed by atoms with Gasteiger partial charge in [-0.3, -0.25) is 24.0 Å². The van der Waals surface area contributed by atoms with Crippen LogP contribution in [-0.4, -0.2) is 157 Å². The van der Waals surface area contributed by atoms with Gasteiger partial charge in [0, 0.05) is 32.2 Å². The molecule has 25 heteroatoms.